The summed E-state index contributed by atoms with van der Waals surface area (Å²) >= 11 is 0. The molecule has 0 saturated carbocycles. The van der Waals surface area contributed by atoms with Gasteiger partial charge >= 0.3 is 29.6 Å². The van der Waals surface area contributed by atoms with E-state index >= 15 is 0 Å². The maximum Gasteiger partial charge on any atom is 1.00 e. The van der Waals surface area contributed by atoms with Gasteiger partial charge in [-0.05, 0) is 73.3 Å². The number of benzene rings is 3. The molecule has 1 fully saturated rings. The third-order valence-electron chi connectivity index (χ3n) is 7.06. The predicted octanol–water partition coefficient (Wildman–Crippen LogP) is 1.58. The molecule has 7 nitrogen and oxygen atoms in total. The summed E-state index contributed by atoms with van der Waals surface area (Å²) in [5, 5.41) is 21.9. The quantitative estimate of drug-likeness (QED) is 0.185. The Labute approximate surface area is 253 Å². The molecule has 0 amide bonds. The summed E-state index contributed by atoms with van der Waals surface area (Å²) in [4.78, 5) is 0. The molecule has 202 valence electrons. The summed E-state index contributed by atoms with van der Waals surface area (Å²) < 4.78 is 42.2. The van der Waals surface area contributed by atoms with Gasteiger partial charge < -0.3 is 24.8 Å². The maximum absolute atomic E-state index is 11.9. The van der Waals surface area contributed by atoms with Crippen molar-refractivity contribution in [2.75, 3.05) is 13.1 Å². The minimum atomic E-state index is -4.52. The molecule has 2 atom stereocenters. The van der Waals surface area contributed by atoms with Gasteiger partial charge in [-0.15, -0.1) is 0 Å². The molecule has 3 aromatic rings. The summed E-state index contributed by atoms with van der Waals surface area (Å²) in [7, 11) is -4.52. The van der Waals surface area contributed by atoms with Gasteiger partial charge in [-0.2, -0.15) is 0 Å². The van der Waals surface area contributed by atoms with Crippen molar-refractivity contribution in [3.05, 3.63) is 108 Å². The maximum atomic E-state index is 11.9. The molecule has 1 aliphatic rings. The fourth-order valence-corrected chi connectivity index (χ4v) is 5.57. The number of phenols is 1. The topological polar surface area (TPSA) is 119 Å². The summed E-state index contributed by atoms with van der Waals surface area (Å²) in [6.07, 6.45) is 4.34. The molecule has 1 heterocycles. The molecule has 9 heteroatoms. The zero-order valence-corrected chi connectivity index (χ0v) is 25.0. The first-order valence-electron chi connectivity index (χ1n) is 12.9. The van der Waals surface area contributed by atoms with Gasteiger partial charge in [-0.25, -0.2) is 8.42 Å². The molecule has 0 aliphatic carbocycles. The van der Waals surface area contributed by atoms with Gasteiger partial charge in [0.05, 0.1) is 21.5 Å². The number of rotatable bonds is 11. The minimum Gasteiger partial charge on any atom is -0.748 e. The molecule has 1 saturated heterocycles. The normalized spacial score (nSPS) is 16.8. The van der Waals surface area contributed by atoms with E-state index in [1.807, 2.05) is 42.5 Å². The van der Waals surface area contributed by atoms with Crippen LogP contribution in [0.2, 0.25) is 0 Å². The van der Waals surface area contributed by atoms with Crippen molar-refractivity contribution in [2.45, 2.75) is 49.1 Å². The summed E-state index contributed by atoms with van der Waals surface area (Å²) in [5.41, 5.74) is 2.23. The van der Waals surface area contributed by atoms with E-state index in [1.165, 1.54) is 24.3 Å². The van der Waals surface area contributed by atoms with Crippen LogP contribution >= 0.6 is 0 Å². The number of nitrogens with one attached hydrogen (secondary N) is 1. The monoisotopic (exact) mass is 559 g/mol. The van der Waals surface area contributed by atoms with Crippen LogP contribution in [-0.2, 0) is 22.1 Å². The first kappa shape index (κ1) is 31.4. The molecule has 3 aromatic carbocycles. The van der Waals surface area contributed by atoms with Crippen LogP contribution in [0.15, 0.2) is 91.0 Å². The molecule has 39 heavy (non-hydrogen) atoms. The van der Waals surface area contributed by atoms with Crippen molar-refractivity contribution in [2.24, 2.45) is 0 Å². The third kappa shape index (κ3) is 8.91. The summed E-state index contributed by atoms with van der Waals surface area (Å²) in [6, 6.07) is 23.9. The molecular weight excluding hydrogens is 525 g/mol. The minimum absolute atomic E-state index is 0. The fraction of sp³-hybridized carbons (Fsp3) is 0.333. The third-order valence-corrected chi connectivity index (χ3v) is 8.31. The standard InChI is InChI=1S/C30H35NO6S.Na/c32-26-14-12-24(13-15-26)29(33)8-4-7-28(38(34,35)36)18-11-23-9-16-27(17-10-23)37-30(19-21-31-22-20-30)25-5-2-1-3-6-25;/h1-6,8-10,12-17,28-29,31-33H,7,11,18-22H2,(H,34,35,36);/q;+1/p-1/b8-4+;/t28-,29+;/m0./s1. The average Bonchev–Trinajstić information content (AvgIpc) is 2.92. The summed E-state index contributed by atoms with van der Waals surface area (Å²) in [5.74, 6) is 0.836. The Morgan fingerprint density at radius 3 is 2.23 bits per heavy atom. The average molecular weight is 560 g/mol. The van der Waals surface area contributed by atoms with Gasteiger partial charge in [0.25, 0.3) is 0 Å². The predicted molar refractivity (Wildman–Crippen MR) is 146 cm³/mol. The van der Waals surface area contributed by atoms with Crippen LogP contribution in [-0.4, -0.2) is 41.5 Å². The van der Waals surface area contributed by atoms with Crippen molar-refractivity contribution in [1.29, 1.82) is 0 Å². The summed E-state index contributed by atoms with van der Waals surface area (Å²) in [6.45, 7) is 1.75. The second-order valence-electron chi connectivity index (χ2n) is 9.71. The van der Waals surface area contributed by atoms with E-state index in [2.05, 4.69) is 17.4 Å². The van der Waals surface area contributed by atoms with E-state index in [9.17, 15) is 23.2 Å². The molecule has 0 aromatic heterocycles. The first-order valence-corrected chi connectivity index (χ1v) is 14.3. The number of aliphatic hydroxyl groups excluding tert-OH is 1. The van der Waals surface area contributed by atoms with E-state index in [4.69, 9.17) is 4.74 Å². The molecule has 0 unspecified atom stereocenters. The van der Waals surface area contributed by atoms with E-state index in [-0.39, 0.29) is 48.1 Å². The van der Waals surface area contributed by atoms with E-state index in [0.717, 1.165) is 42.8 Å². The van der Waals surface area contributed by atoms with Crippen LogP contribution < -0.4 is 39.6 Å². The number of piperidine rings is 1. The Balaban J connectivity index is 0.00000420. The Bertz CT molecular complexity index is 1290. The number of hydrogen-bond acceptors (Lipinski definition) is 7. The molecule has 0 bridgehead atoms. The number of aliphatic hydroxyl groups is 1. The SMILES string of the molecule is O=S(=O)([O-])[C@@H](C/C=C/[C@@H](O)c1ccc(O)cc1)CCc1ccc(OC2(c3ccccc3)CCNCC2)cc1.[Na+]. The molecule has 3 N–H and O–H groups in total. The van der Waals surface area contributed by atoms with Gasteiger partial charge in [0, 0.05) is 12.8 Å². The van der Waals surface area contributed by atoms with Gasteiger partial charge in [0.2, 0.25) is 0 Å². The van der Waals surface area contributed by atoms with Crippen LogP contribution in [0.1, 0.15) is 48.5 Å². The number of aryl methyl sites for hydroxylation is 1. The van der Waals surface area contributed by atoms with Crippen LogP contribution in [0.3, 0.4) is 0 Å². The fourth-order valence-electron chi connectivity index (χ4n) is 4.82. The first-order chi connectivity index (χ1) is 18.2. The number of allylic oxidation sites excluding steroid dienone is 1. The van der Waals surface area contributed by atoms with E-state index < -0.39 is 27.1 Å². The van der Waals surface area contributed by atoms with Gasteiger partial charge in [-0.1, -0.05) is 66.7 Å². The number of ether oxygens (including phenoxy) is 1. The zero-order valence-electron chi connectivity index (χ0n) is 22.2. The number of hydrogen-bond donors (Lipinski definition) is 3. The number of aromatic hydroxyl groups is 1. The van der Waals surface area contributed by atoms with Crippen molar-refractivity contribution >= 4 is 10.1 Å². The van der Waals surface area contributed by atoms with Gasteiger partial charge in [0.1, 0.15) is 17.1 Å². The van der Waals surface area contributed by atoms with Crippen LogP contribution in [0.25, 0.3) is 0 Å². The van der Waals surface area contributed by atoms with Crippen molar-refractivity contribution < 1.29 is 57.5 Å². The van der Waals surface area contributed by atoms with E-state index in [0.29, 0.717) is 12.0 Å². The van der Waals surface area contributed by atoms with E-state index in [1.54, 1.807) is 12.1 Å². The van der Waals surface area contributed by atoms with Crippen molar-refractivity contribution in [1.82, 2.24) is 5.32 Å². The Morgan fingerprint density at radius 2 is 1.62 bits per heavy atom. The van der Waals surface area contributed by atoms with Crippen LogP contribution in [0.4, 0.5) is 0 Å². The second kappa shape index (κ2) is 14.5. The smallest absolute Gasteiger partial charge is 0.748 e. The molecule has 1 aliphatic heterocycles. The number of phenolic OH excluding ortho intramolecular Hbond substituents is 1. The Morgan fingerprint density at radius 1 is 0.974 bits per heavy atom. The zero-order chi connectivity index (χ0) is 27.0. The van der Waals surface area contributed by atoms with Crippen molar-refractivity contribution in [3.63, 3.8) is 0 Å². The Kier molecular flexibility index (Phi) is 11.6. The Hall–Kier alpha value is -2.17. The molecule has 0 spiro atoms. The second-order valence-corrected chi connectivity index (χ2v) is 11.4. The molecule has 4 rings (SSSR count). The van der Waals surface area contributed by atoms with Crippen molar-refractivity contribution in [3.8, 4) is 11.5 Å². The van der Waals surface area contributed by atoms with Crippen LogP contribution in [0, 0.1) is 0 Å². The molecular formula is C30H34NNaO6S. The van der Waals surface area contributed by atoms with Crippen LogP contribution in [0.5, 0.6) is 11.5 Å². The van der Waals surface area contributed by atoms with Gasteiger partial charge in [0.15, 0.2) is 0 Å². The van der Waals surface area contributed by atoms with Gasteiger partial charge in [-0.3, -0.25) is 0 Å². The molecule has 0 radical (unpaired) electrons. The largest absolute Gasteiger partial charge is 1.00 e.